The first-order valence-corrected chi connectivity index (χ1v) is 6.51. The van der Waals surface area contributed by atoms with Crippen LogP contribution in [0, 0.1) is 0 Å². The van der Waals surface area contributed by atoms with Gasteiger partial charge >= 0.3 is 0 Å². The molecule has 0 radical (unpaired) electrons. The molecule has 2 nitrogen and oxygen atoms in total. The van der Waals surface area contributed by atoms with Crippen LogP contribution in [-0.4, -0.2) is 5.84 Å². The van der Waals surface area contributed by atoms with Gasteiger partial charge in [0.25, 0.3) is 0 Å². The van der Waals surface area contributed by atoms with E-state index in [4.69, 9.17) is 5.73 Å². The Hall–Kier alpha value is -1.83. The highest BCUT2D eigenvalue weighted by Gasteiger charge is 2.28. The molecule has 0 fully saturated rings. The van der Waals surface area contributed by atoms with E-state index in [0.29, 0.717) is 0 Å². The standard InChI is InChI=1S/C16H18N2/c1-16(10-4-7-15(17)18-16)14-9-8-12-5-2-3-6-13(12)11-14/h2-3,5-6,8-9,11H,4,7,10H2,1H3,(H2,17,18). The molecule has 2 aromatic carbocycles. The summed E-state index contributed by atoms with van der Waals surface area (Å²) in [4.78, 5) is 4.69. The minimum atomic E-state index is -0.146. The summed E-state index contributed by atoms with van der Waals surface area (Å²) in [5.74, 6) is 0.789. The Kier molecular flexibility index (Phi) is 2.58. The average Bonchev–Trinajstić information content (AvgIpc) is 2.38. The van der Waals surface area contributed by atoms with Gasteiger partial charge in [0, 0.05) is 6.42 Å². The van der Waals surface area contributed by atoms with Gasteiger partial charge in [0.15, 0.2) is 0 Å². The van der Waals surface area contributed by atoms with Gasteiger partial charge in [-0.05, 0) is 42.2 Å². The fourth-order valence-electron chi connectivity index (χ4n) is 2.78. The molecule has 1 aliphatic heterocycles. The van der Waals surface area contributed by atoms with Gasteiger partial charge in [-0.2, -0.15) is 0 Å². The van der Waals surface area contributed by atoms with Gasteiger partial charge < -0.3 is 5.73 Å². The zero-order valence-corrected chi connectivity index (χ0v) is 10.7. The average molecular weight is 238 g/mol. The van der Waals surface area contributed by atoms with Crippen LogP contribution in [0.15, 0.2) is 47.5 Å². The fraction of sp³-hybridized carbons (Fsp3) is 0.312. The van der Waals surface area contributed by atoms with Crippen molar-refractivity contribution < 1.29 is 0 Å². The van der Waals surface area contributed by atoms with Crippen LogP contribution in [0.1, 0.15) is 31.7 Å². The number of nitrogens with two attached hydrogens (primary N) is 1. The third-order valence-corrected chi connectivity index (χ3v) is 3.86. The maximum absolute atomic E-state index is 5.91. The molecule has 1 heterocycles. The summed E-state index contributed by atoms with van der Waals surface area (Å²) in [6, 6.07) is 15.0. The van der Waals surface area contributed by atoms with E-state index in [9.17, 15) is 0 Å². The number of hydrogen-bond acceptors (Lipinski definition) is 2. The molecule has 1 atom stereocenters. The van der Waals surface area contributed by atoms with Gasteiger partial charge in [-0.3, -0.25) is 4.99 Å². The number of fused-ring (bicyclic) bond motifs is 1. The molecule has 0 bridgehead atoms. The van der Waals surface area contributed by atoms with Crippen LogP contribution in [0.2, 0.25) is 0 Å². The Morgan fingerprint density at radius 3 is 2.67 bits per heavy atom. The summed E-state index contributed by atoms with van der Waals surface area (Å²) in [6.45, 7) is 2.18. The van der Waals surface area contributed by atoms with Crippen molar-refractivity contribution in [2.24, 2.45) is 10.7 Å². The lowest BCUT2D eigenvalue weighted by Crippen LogP contribution is -2.29. The molecule has 2 N–H and O–H groups in total. The maximum atomic E-state index is 5.91. The molecule has 1 unspecified atom stereocenters. The summed E-state index contributed by atoms with van der Waals surface area (Å²) in [6.07, 6.45) is 3.13. The largest absolute Gasteiger partial charge is 0.387 e. The first-order chi connectivity index (χ1) is 8.67. The molecular weight excluding hydrogens is 220 g/mol. The van der Waals surface area contributed by atoms with Crippen molar-refractivity contribution in [3.8, 4) is 0 Å². The van der Waals surface area contributed by atoms with Gasteiger partial charge in [0.05, 0.1) is 11.4 Å². The van der Waals surface area contributed by atoms with E-state index in [1.54, 1.807) is 0 Å². The zero-order chi connectivity index (χ0) is 12.6. The molecule has 0 spiro atoms. The predicted octanol–water partition coefficient (Wildman–Crippen LogP) is 3.60. The first kappa shape index (κ1) is 11.3. The molecule has 0 saturated carbocycles. The molecule has 92 valence electrons. The maximum Gasteiger partial charge on any atom is 0.0948 e. The van der Waals surface area contributed by atoms with E-state index < -0.39 is 0 Å². The monoisotopic (exact) mass is 238 g/mol. The molecular formula is C16H18N2. The SMILES string of the molecule is CC1(c2ccc3ccccc3c2)CCCC(N)=N1. The first-order valence-electron chi connectivity index (χ1n) is 6.51. The van der Waals surface area contributed by atoms with E-state index in [0.717, 1.165) is 25.1 Å². The summed E-state index contributed by atoms with van der Waals surface area (Å²) in [5.41, 5.74) is 7.03. The van der Waals surface area contributed by atoms with Crippen molar-refractivity contribution in [1.82, 2.24) is 0 Å². The number of nitrogens with zero attached hydrogens (tertiary/aromatic N) is 1. The van der Waals surface area contributed by atoms with Gasteiger partial charge in [-0.1, -0.05) is 36.4 Å². The highest BCUT2D eigenvalue weighted by molar-refractivity contribution is 5.84. The van der Waals surface area contributed by atoms with E-state index in [-0.39, 0.29) is 5.54 Å². The second kappa shape index (κ2) is 4.13. The second-order valence-corrected chi connectivity index (χ2v) is 5.29. The number of hydrogen-bond donors (Lipinski definition) is 1. The van der Waals surface area contributed by atoms with Crippen LogP contribution in [0.4, 0.5) is 0 Å². The number of rotatable bonds is 1. The Morgan fingerprint density at radius 2 is 1.89 bits per heavy atom. The van der Waals surface area contributed by atoms with Gasteiger partial charge in [0.1, 0.15) is 0 Å². The third-order valence-electron chi connectivity index (χ3n) is 3.86. The molecule has 0 amide bonds. The zero-order valence-electron chi connectivity index (χ0n) is 10.7. The molecule has 3 rings (SSSR count). The lowest BCUT2D eigenvalue weighted by molar-refractivity contribution is 0.424. The van der Waals surface area contributed by atoms with E-state index in [1.165, 1.54) is 16.3 Å². The normalized spacial score (nSPS) is 23.9. The minimum Gasteiger partial charge on any atom is -0.387 e. The highest BCUT2D eigenvalue weighted by Crippen LogP contribution is 2.35. The van der Waals surface area contributed by atoms with Crippen molar-refractivity contribution in [3.05, 3.63) is 48.0 Å². The van der Waals surface area contributed by atoms with E-state index >= 15 is 0 Å². The number of aliphatic imine (C=N–C) groups is 1. The highest BCUT2D eigenvalue weighted by atomic mass is 14.9. The van der Waals surface area contributed by atoms with E-state index in [2.05, 4.69) is 54.4 Å². The molecule has 0 aromatic heterocycles. The molecule has 0 saturated heterocycles. The minimum absolute atomic E-state index is 0.146. The lowest BCUT2D eigenvalue weighted by atomic mass is 9.84. The lowest BCUT2D eigenvalue weighted by Gasteiger charge is -2.30. The molecule has 1 aliphatic rings. The van der Waals surface area contributed by atoms with Crippen molar-refractivity contribution in [3.63, 3.8) is 0 Å². The molecule has 0 aliphatic carbocycles. The van der Waals surface area contributed by atoms with E-state index in [1.807, 2.05) is 0 Å². The molecule has 2 heteroatoms. The van der Waals surface area contributed by atoms with Crippen LogP contribution < -0.4 is 5.73 Å². The quantitative estimate of drug-likeness (QED) is 0.810. The fourth-order valence-corrected chi connectivity index (χ4v) is 2.78. The van der Waals surface area contributed by atoms with Crippen LogP contribution in [-0.2, 0) is 5.54 Å². The van der Waals surface area contributed by atoms with Crippen molar-refractivity contribution in [1.29, 1.82) is 0 Å². The second-order valence-electron chi connectivity index (χ2n) is 5.29. The Bertz CT molecular complexity index is 615. The van der Waals surface area contributed by atoms with Crippen LogP contribution in [0.25, 0.3) is 10.8 Å². The number of amidine groups is 1. The Balaban J connectivity index is 2.11. The Morgan fingerprint density at radius 1 is 1.11 bits per heavy atom. The van der Waals surface area contributed by atoms with Crippen molar-refractivity contribution in [2.75, 3.05) is 0 Å². The van der Waals surface area contributed by atoms with Crippen molar-refractivity contribution in [2.45, 2.75) is 31.7 Å². The van der Waals surface area contributed by atoms with Crippen LogP contribution in [0.3, 0.4) is 0 Å². The summed E-state index contributed by atoms with van der Waals surface area (Å²) in [5, 5.41) is 2.55. The Labute approximate surface area is 108 Å². The third kappa shape index (κ3) is 1.88. The smallest absolute Gasteiger partial charge is 0.0948 e. The summed E-state index contributed by atoms with van der Waals surface area (Å²) >= 11 is 0. The summed E-state index contributed by atoms with van der Waals surface area (Å²) in [7, 11) is 0. The van der Waals surface area contributed by atoms with Gasteiger partial charge in [-0.25, -0.2) is 0 Å². The van der Waals surface area contributed by atoms with Crippen molar-refractivity contribution >= 4 is 16.6 Å². The molecule has 2 aromatic rings. The van der Waals surface area contributed by atoms with Gasteiger partial charge in [0.2, 0.25) is 0 Å². The topological polar surface area (TPSA) is 38.4 Å². The summed E-state index contributed by atoms with van der Waals surface area (Å²) < 4.78 is 0. The number of benzene rings is 2. The van der Waals surface area contributed by atoms with Crippen LogP contribution in [0.5, 0.6) is 0 Å². The van der Waals surface area contributed by atoms with Gasteiger partial charge in [-0.15, -0.1) is 0 Å². The van der Waals surface area contributed by atoms with Crippen LogP contribution >= 0.6 is 0 Å². The molecule has 18 heavy (non-hydrogen) atoms. The predicted molar refractivity (Wildman–Crippen MR) is 76.8 cm³/mol.